The topological polar surface area (TPSA) is 96.1 Å². The number of nitrogens with zero attached hydrogens (tertiary/aromatic N) is 1. The zero-order valence-corrected chi connectivity index (χ0v) is 15.6. The molecular weight excluding hydrogens is 356 g/mol. The Hall–Kier alpha value is -3.61. The van der Waals surface area contributed by atoms with E-state index >= 15 is 0 Å². The number of amides is 1. The quantitative estimate of drug-likeness (QED) is 0.650. The number of carbonyl (C=O) groups excluding carboxylic acids is 1. The van der Waals surface area contributed by atoms with Gasteiger partial charge in [0.2, 0.25) is 11.9 Å². The zero-order valence-electron chi connectivity index (χ0n) is 15.6. The minimum atomic E-state index is -0.406. The van der Waals surface area contributed by atoms with E-state index in [1.165, 1.54) is 0 Å². The van der Waals surface area contributed by atoms with Crippen LogP contribution in [-0.4, -0.2) is 23.0 Å². The molecule has 142 valence electrons. The number of ether oxygens (including phenoxy) is 1. The van der Waals surface area contributed by atoms with Crippen LogP contribution in [0.25, 0.3) is 0 Å². The van der Waals surface area contributed by atoms with Crippen LogP contribution < -0.4 is 20.9 Å². The highest BCUT2D eigenvalue weighted by Crippen LogP contribution is 2.29. The van der Waals surface area contributed by atoms with E-state index in [0.29, 0.717) is 17.8 Å². The van der Waals surface area contributed by atoms with Crippen LogP contribution in [-0.2, 0) is 11.2 Å². The van der Waals surface area contributed by atoms with Crippen LogP contribution in [0.4, 0.5) is 17.5 Å². The standard InChI is InChI=1S/C21H20N4O3/c1-12-3-5-13(6-4-12)16-11-17-18(23-19(16)26)24-21(25-20(17)27)22-14-7-9-15(28-2)10-8-14/h3-10,16H,11H2,1-2H3,(H3,22,23,24,25,26,27). The van der Waals surface area contributed by atoms with E-state index in [-0.39, 0.29) is 17.4 Å². The first kappa shape index (κ1) is 17.8. The SMILES string of the molecule is COc1ccc(Nc2nc3c(c(=O)[nH]2)CC(c2ccc(C)cc2)C(=O)N3)cc1. The van der Waals surface area contributed by atoms with Crippen molar-refractivity contribution >= 4 is 23.4 Å². The average Bonchev–Trinajstić information content (AvgIpc) is 2.69. The normalized spacial score (nSPS) is 15.5. The largest absolute Gasteiger partial charge is 0.497 e. The molecule has 0 saturated heterocycles. The Morgan fingerprint density at radius 2 is 1.79 bits per heavy atom. The molecule has 3 aromatic rings. The lowest BCUT2D eigenvalue weighted by Gasteiger charge is -2.24. The summed E-state index contributed by atoms with van der Waals surface area (Å²) in [4.78, 5) is 32.3. The molecule has 2 aromatic carbocycles. The number of aromatic amines is 1. The van der Waals surface area contributed by atoms with Crippen LogP contribution >= 0.6 is 0 Å². The molecule has 1 atom stereocenters. The predicted molar refractivity (Wildman–Crippen MR) is 107 cm³/mol. The van der Waals surface area contributed by atoms with Gasteiger partial charge < -0.3 is 15.4 Å². The van der Waals surface area contributed by atoms with Crippen LogP contribution in [0.1, 0.15) is 22.6 Å². The molecule has 0 fully saturated rings. The fourth-order valence-electron chi connectivity index (χ4n) is 3.23. The van der Waals surface area contributed by atoms with Gasteiger partial charge in [-0.2, -0.15) is 4.98 Å². The van der Waals surface area contributed by atoms with Crippen molar-refractivity contribution in [2.24, 2.45) is 0 Å². The molecule has 4 rings (SSSR count). The van der Waals surface area contributed by atoms with E-state index in [0.717, 1.165) is 22.6 Å². The number of rotatable bonds is 4. The molecule has 1 amide bonds. The Kier molecular flexibility index (Phi) is 4.57. The van der Waals surface area contributed by atoms with Crippen molar-refractivity contribution in [2.45, 2.75) is 19.3 Å². The van der Waals surface area contributed by atoms with Crippen LogP contribution in [0.15, 0.2) is 53.3 Å². The number of hydrogen-bond donors (Lipinski definition) is 3. The lowest BCUT2D eigenvalue weighted by molar-refractivity contribution is -0.117. The van der Waals surface area contributed by atoms with Gasteiger partial charge in [-0.1, -0.05) is 29.8 Å². The van der Waals surface area contributed by atoms with Crippen molar-refractivity contribution in [3.05, 3.63) is 75.6 Å². The molecule has 3 N–H and O–H groups in total. The van der Waals surface area contributed by atoms with Crippen molar-refractivity contribution in [1.82, 2.24) is 9.97 Å². The number of methoxy groups -OCH3 is 1. The second kappa shape index (κ2) is 7.19. The van der Waals surface area contributed by atoms with Gasteiger partial charge in [-0.15, -0.1) is 0 Å². The van der Waals surface area contributed by atoms with Crippen molar-refractivity contribution < 1.29 is 9.53 Å². The number of anilines is 3. The van der Waals surface area contributed by atoms with E-state index in [1.807, 2.05) is 43.3 Å². The first-order valence-corrected chi connectivity index (χ1v) is 8.95. The smallest absolute Gasteiger partial charge is 0.257 e. The summed E-state index contributed by atoms with van der Waals surface area (Å²) in [6.45, 7) is 1.99. The molecule has 28 heavy (non-hydrogen) atoms. The molecule has 1 aromatic heterocycles. The molecule has 1 aliphatic heterocycles. The number of aryl methyl sites for hydroxylation is 1. The minimum Gasteiger partial charge on any atom is -0.497 e. The lowest BCUT2D eigenvalue weighted by Crippen LogP contribution is -2.33. The van der Waals surface area contributed by atoms with E-state index in [2.05, 4.69) is 20.6 Å². The molecule has 0 spiro atoms. The summed E-state index contributed by atoms with van der Waals surface area (Å²) in [5, 5.41) is 5.81. The maximum atomic E-state index is 12.6. The molecule has 0 bridgehead atoms. The minimum absolute atomic E-state index is 0.162. The Labute approximate surface area is 161 Å². The van der Waals surface area contributed by atoms with Crippen molar-refractivity contribution in [2.75, 3.05) is 17.7 Å². The third-order valence-corrected chi connectivity index (χ3v) is 4.81. The van der Waals surface area contributed by atoms with Gasteiger partial charge in [0.25, 0.3) is 5.56 Å². The highest BCUT2D eigenvalue weighted by atomic mass is 16.5. The molecule has 1 unspecified atom stereocenters. The Bertz CT molecular complexity index is 1070. The van der Waals surface area contributed by atoms with E-state index in [9.17, 15) is 9.59 Å². The van der Waals surface area contributed by atoms with Crippen molar-refractivity contribution in [1.29, 1.82) is 0 Å². The fraction of sp³-hybridized carbons (Fsp3) is 0.190. The number of aromatic nitrogens is 2. The second-order valence-electron chi connectivity index (χ2n) is 6.75. The number of fused-ring (bicyclic) bond motifs is 1. The fourth-order valence-corrected chi connectivity index (χ4v) is 3.23. The molecule has 7 heteroatoms. The van der Waals surface area contributed by atoms with Gasteiger partial charge in [-0.25, -0.2) is 0 Å². The Balaban J connectivity index is 1.60. The third-order valence-electron chi connectivity index (χ3n) is 4.81. The molecule has 7 nitrogen and oxygen atoms in total. The molecular formula is C21H20N4O3. The maximum Gasteiger partial charge on any atom is 0.257 e. The maximum absolute atomic E-state index is 12.6. The molecule has 0 saturated carbocycles. The van der Waals surface area contributed by atoms with Crippen LogP contribution in [0.5, 0.6) is 5.75 Å². The summed E-state index contributed by atoms with van der Waals surface area (Å²) < 4.78 is 5.13. The summed E-state index contributed by atoms with van der Waals surface area (Å²) in [6.07, 6.45) is 0.315. The summed E-state index contributed by atoms with van der Waals surface area (Å²) in [6, 6.07) is 15.0. The Morgan fingerprint density at radius 3 is 2.46 bits per heavy atom. The number of carbonyl (C=O) groups is 1. The number of H-pyrrole nitrogens is 1. The number of benzene rings is 2. The lowest BCUT2D eigenvalue weighted by atomic mass is 9.89. The van der Waals surface area contributed by atoms with Gasteiger partial charge in [0, 0.05) is 5.69 Å². The van der Waals surface area contributed by atoms with Gasteiger partial charge in [-0.05, 0) is 43.2 Å². The molecule has 0 aliphatic carbocycles. The van der Waals surface area contributed by atoms with Crippen molar-refractivity contribution in [3.8, 4) is 5.75 Å². The van der Waals surface area contributed by atoms with Gasteiger partial charge in [0.05, 0.1) is 18.6 Å². The van der Waals surface area contributed by atoms with Crippen LogP contribution in [0.2, 0.25) is 0 Å². The molecule has 0 radical (unpaired) electrons. The molecule has 2 heterocycles. The van der Waals surface area contributed by atoms with Crippen molar-refractivity contribution in [3.63, 3.8) is 0 Å². The Morgan fingerprint density at radius 1 is 1.07 bits per heavy atom. The first-order chi connectivity index (χ1) is 13.5. The van der Waals surface area contributed by atoms with E-state index < -0.39 is 5.92 Å². The van der Waals surface area contributed by atoms with Crippen LogP contribution in [0, 0.1) is 6.92 Å². The van der Waals surface area contributed by atoms with Gasteiger partial charge in [-0.3, -0.25) is 14.6 Å². The number of nitrogens with one attached hydrogen (secondary N) is 3. The van der Waals surface area contributed by atoms with Gasteiger partial charge >= 0.3 is 0 Å². The summed E-state index contributed by atoms with van der Waals surface area (Å²) >= 11 is 0. The predicted octanol–water partition coefficient (Wildman–Crippen LogP) is 3.11. The van der Waals surface area contributed by atoms with E-state index in [1.54, 1.807) is 19.2 Å². The highest BCUT2D eigenvalue weighted by Gasteiger charge is 2.30. The highest BCUT2D eigenvalue weighted by molar-refractivity contribution is 5.98. The monoisotopic (exact) mass is 376 g/mol. The summed E-state index contributed by atoms with van der Waals surface area (Å²) in [5.41, 5.74) is 2.95. The van der Waals surface area contributed by atoms with E-state index in [4.69, 9.17) is 4.74 Å². The first-order valence-electron chi connectivity index (χ1n) is 8.95. The summed E-state index contributed by atoms with van der Waals surface area (Å²) in [7, 11) is 1.59. The third kappa shape index (κ3) is 3.46. The van der Waals surface area contributed by atoms with Crippen LogP contribution in [0.3, 0.4) is 0 Å². The van der Waals surface area contributed by atoms with Gasteiger partial charge in [0.1, 0.15) is 11.6 Å². The zero-order chi connectivity index (χ0) is 19.7. The molecule has 1 aliphatic rings. The van der Waals surface area contributed by atoms with Gasteiger partial charge in [0.15, 0.2) is 0 Å². The second-order valence-corrected chi connectivity index (χ2v) is 6.75. The average molecular weight is 376 g/mol. The number of hydrogen-bond acceptors (Lipinski definition) is 5. The summed E-state index contributed by atoms with van der Waals surface area (Å²) in [5.74, 6) is 0.726.